The second-order valence-corrected chi connectivity index (χ2v) is 7.75. The van der Waals surface area contributed by atoms with Gasteiger partial charge < -0.3 is 19.4 Å². The standard InChI is InChI=1S/C24H29N3O3/c1-2-16-29-20-12-9-18(10-13-20)11-14-23(28)25-17-19-6-5-15-27(19)24-26-21-7-3-4-8-22(21)30-24/h3-4,7-10,12-13,19H,2,5-6,11,14-17H2,1H3,(H,25,28)/t19-/m1/s1. The number of rotatable bonds is 9. The highest BCUT2D eigenvalue weighted by Crippen LogP contribution is 2.28. The van der Waals surface area contributed by atoms with Gasteiger partial charge in [-0.05, 0) is 55.5 Å². The molecule has 2 heterocycles. The van der Waals surface area contributed by atoms with Crippen molar-refractivity contribution in [3.63, 3.8) is 0 Å². The SMILES string of the molecule is CCCOc1ccc(CCC(=O)NC[C@H]2CCCN2c2nc3ccccc3o2)cc1. The molecule has 6 nitrogen and oxygen atoms in total. The fourth-order valence-corrected chi connectivity index (χ4v) is 3.83. The van der Waals surface area contributed by atoms with Crippen LogP contribution in [0.5, 0.6) is 5.75 Å². The smallest absolute Gasteiger partial charge is 0.298 e. The maximum Gasteiger partial charge on any atom is 0.298 e. The Morgan fingerprint density at radius 1 is 1.23 bits per heavy atom. The van der Waals surface area contributed by atoms with Crippen LogP contribution in [0.25, 0.3) is 11.1 Å². The van der Waals surface area contributed by atoms with E-state index in [0.717, 1.165) is 61.2 Å². The molecular weight excluding hydrogens is 378 g/mol. The van der Waals surface area contributed by atoms with Crippen molar-refractivity contribution in [3.8, 4) is 5.75 Å². The molecule has 1 fully saturated rings. The third-order valence-electron chi connectivity index (χ3n) is 5.48. The molecule has 2 aromatic carbocycles. The lowest BCUT2D eigenvalue weighted by Crippen LogP contribution is -2.40. The lowest BCUT2D eigenvalue weighted by atomic mass is 10.1. The van der Waals surface area contributed by atoms with Gasteiger partial charge in [-0.15, -0.1) is 0 Å². The maximum absolute atomic E-state index is 12.4. The number of hydrogen-bond donors (Lipinski definition) is 1. The molecule has 0 radical (unpaired) electrons. The zero-order valence-electron chi connectivity index (χ0n) is 17.5. The van der Waals surface area contributed by atoms with Crippen LogP contribution in [0.1, 0.15) is 38.2 Å². The van der Waals surface area contributed by atoms with Gasteiger partial charge in [-0.2, -0.15) is 4.98 Å². The van der Waals surface area contributed by atoms with Crippen LogP contribution in [0.3, 0.4) is 0 Å². The van der Waals surface area contributed by atoms with Gasteiger partial charge in [-0.3, -0.25) is 4.79 Å². The number of oxazole rings is 1. The Bertz CT molecular complexity index is 934. The number of amides is 1. The Labute approximate surface area is 177 Å². The molecule has 1 aliphatic heterocycles. The second-order valence-electron chi connectivity index (χ2n) is 7.75. The monoisotopic (exact) mass is 407 g/mol. The van der Waals surface area contributed by atoms with E-state index < -0.39 is 0 Å². The number of fused-ring (bicyclic) bond motifs is 1. The quantitative estimate of drug-likeness (QED) is 0.572. The van der Waals surface area contributed by atoms with Gasteiger partial charge in [0.25, 0.3) is 6.01 Å². The van der Waals surface area contributed by atoms with Crippen LogP contribution in [-0.4, -0.2) is 36.6 Å². The van der Waals surface area contributed by atoms with Gasteiger partial charge in [0.05, 0.1) is 12.6 Å². The summed E-state index contributed by atoms with van der Waals surface area (Å²) in [5, 5.41) is 3.09. The van der Waals surface area contributed by atoms with Crippen LogP contribution in [0.2, 0.25) is 0 Å². The first-order valence-corrected chi connectivity index (χ1v) is 10.8. The van der Waals surface area contributed by atoms with E-state index >= 15 is 0 Å². The van der Waals surface area contributed by atoms with Crippen molar-refractivity contribution in [1.29, 1.82) is 0 Å². The molecular formula is C24H29N3O3. The van der Waals surface area contributed by atoms with Crippen molar-refractivity contribution in [3.05, 3.63) is 54.1 Å². The Kier molecular flexibility index (Phi) is 6.52. The average molecular weight is 408 g/mol. The molecule has 1 aliphatic rings. The van der Waals surface area contributed by atoms with Gasteiger partial charge >= 0.3 is 0 Å². The molecule has 158 valence electrons. The number of ether oxygens (including phenoxy) is 1. The first kappa shape index (κ1) is 20.3. The topological polar surface area (TPSA) is 67.6 Å². The number of para-hydroxylation sites is 2. The fourth-order valence-electron chi connectivity index (χ4n) is 3.83. The minimum Gasteiger partial charge on any atom is -0.494 e. The Morgan fingerprint density at radius 3 is 2.87 bits per heavy atom. The van der Waals surface area contributed by atoms with Gasteiger partial charge in [-0.1, -0.05) is 31.2 Å². The first-order chi connectivity index (χ1) is 14.7. The molecule has 0 saturated carbocycles. The van der Waals surface area contributed by atoms with Crippen LogP contribution in [0, 0.1) is 0 Å². The number of aryl methyl sites for hydroxylation is 1. The third kappa shape index (κ3) is 4.93. The average Bonchev–Trinajstić information content (AvgIpc) is 3.42. The first-order valence-electron chi connectivity index (χ1n) is 10.8. The molecule has 0 unspecified atom stereocenters. The van der Waals surface area contributed by atoms with E-state index in [9.17, 15) is 4.79 Å². The summed E-state index contributed by atoms with van der Waals surface area (Å²) in [6.07, 6.45) is 4.29. The lowest BCUT2D eigenvalue weighted by Gasteiger charge is -2.23. The summed E-state index contributed by atoms with van der Waals surface area (Å²) in [6.45, 7) is 4.33. The van der Waals surface area contributed by atoms with Crippen LogP contribution in [-0.2, 0) is 11.2 Å². The number of nitrogens with zero attached hydrogens (tertiary/aromatic N) is 2. The highest BCUT2D eigenvalue weighted by Gasteiger charge is 2.28. The van der Waals surface area contributed by atoms with Crippen molar-refractivity contribution in [2.24, 2.45) is 0 Å². The molecule has 4 rings (SSSR count). The van der Waals surface area contributed by atoms with Crippen molar-refractivity contribution in [2.45, 2.75) is 45.1 Å². The Balaban J connectivity index is 1.26. The van der Waals surface area contributed by atoms with Crippen molar-refractivity contribution >= 4 is 23.0 Å². The molecule has 30 heavy (non-hydrogen) atoms. The fraction of sp³-hybridized carbons (Fsp3) is 0.417. The van der Waals surface area contributed by atoms with Crippen LogP contribution < -0.4 is 15.0 Å². The van der Waals surface area contributed by atoms with Crippen LogP contribution in [0.15, 0.2) is 52.9 Å². The molecule has 0 aliphatic carbocycles. The maximum atomic E-state index is 12.4. The second kappa shape index (κ2) is 9.65. The third-order valence-corrected chi connectivity index (χ3v) is 5.48. The van der Waals surface area contributed by atoms with E-state index in [2.05, 4.69) is 22.1 Å². The van der Waals surface area contributed by atoms with Crippen LogP contribution >= 0.6 is 0 Å². The summed E-state index contributed by atoms with van der Waals surface area (Å²) in [5.74, 6) is 0.955. The summed E-state index contributed by atoms with van der Waals surface area (Å²) < 4.78 is 11.5. The number of benzene rings is 2. The summed E-state index contributed by atoms with van der Waals surface area (Å²) in [4.78, 5) is 19.2. The molecule has 1 N–H and O–H groups in total. The number of nitrogens with one attached hydrogen (secondary N) is 1. The number of carbonyl (C=O) groups excluding carboxylic acids is 1. The van der Waals surface area contributed by atoms with Gasteiger partial charge in [0.15, 0.2) is 5.58 Å². The Hall–Kier alpha value is -3.02. The van der Waals surface area contributed by atoms with Crippen molar-refractivity contribution in [1.82, 2.24) is 10.3 Å². The highest BCUT2D eigenvalue weighted by atomic mass is 16.5. The predicted octanol–water partition coefficient (Wildman–Crippen LogP) is 4.33. The Morgan fingerprint density at radius 2 is 2.07 bits per heavy atom. The normalized spacial score (nSPS) is 16.2. The van der Waals surface area contributed by atoms with Gasteiger partial charge in [-0.25, -0.2) is 0 Å². The molecule has 1 saturated heterocycles. The van der Waals surface area contributed by atoms with E-state index in [-0.39, 0.29) is 11.9 Å². The molecule has 0 bridgehead atoms. The summed E-state index contributed by atoms with van der Waals surface area (Å²) >= 11 is 0. The molecule has 0 spiro atoms. The van der Waals surface area contributed by atoms with E-state index in [1.54, 1.807) is 0 Å². The number of carbonyl (C=O) groups is 1. The van der Waals surface area contributed by atoms with Gasteiger partial charge in [0.2, 0.25) is 5.91 Å². The van der Waals surface area contributed by atoms with E-state index in [1.807, 2.05) is 48.5 Å². The van der Waals surface area contributed by atoms with Gasteiger partial charge in [0, 0.05) is 19.5 Å². The molecule has 1 aromatic heterocycles. The van der Waals surface area contributed by atoms with E-state index in [4.69, 9.17) is 9.15 Å². The number of aromatic nitrogens is 1. The minimum atomic E-state index is 0.0747. The van der Waals surface area contributed by atoms with Crippen molar-refractivity contribution in [2.75, 3.05) is 24.6 Å². The van der Waals surface area contributed by atoms with Crippen LogP contribution in [0.4, 0.5) is 6.01 Å². The number of hydrogen-bond acceptors (Lipinski definition) is 5. The molecule has 1 atom stereocenters. The predicted molar refractivity (Wildman–Crippen MR) is 118 cm³/mol. The summed E-state index contributed by atoms with van der Waals surface area (Å²) in [5.41, 5.74) is 2.81. The minimum absolute atomic E-state index is 0.0747. The van der Waals surface area contributed by atoms with Crippen molar-refractivity contribution < 1.29 is 13.9 Å². The molecule has 1 amide bonds. The molecule has 6 heteroatoms. The largest absolute Gasteiger partial charge is 0.494 e. The highest BCUT2D eigenvalue weighted by molar-refractivity contribution is 5.76. The summed E-state index contributed by atoms with van der Waals surface area (Å²) in [6, 6.07) is 16.7. The number of anilines is 1. The zero-order valence-corrected chi connectivity index (χ0v) is 17.5. The summed E-state index contributed by atoms with van der Waals surface area (Å²) in [7, 11) is 0. The zero-order chi connectivity index (χ0) is 20.8. The van der Waals surface area contributed by atoms with E-state index in [0.29, 0.717) is 19.0 Å². The molecule has 3 aromatic rings. The van der Waals surface area contributed by atoms with E-state index in [1.165, 1.54) is 0 Å². The lowest BCUT2D eigenvalue weighted by molar-refractivity contribution is -0.121. The van der Waals surface area contributed by atoms with Gasteiger partial charge in [0.1, 0.15) is 11.3 Å².